The second kappa shape index (κ2) is 15.0. The Morgan fingerprint density at radius 3 is 2.36 bits per heavy atom. The molecule has 6 heteroatoms. The number of hydrogen-bond donors (Lipinski definition) is 2. The summed E-state index contributed by atoms with van der Waals surface area (Å²) < 4.78 is 5.60. The zero-order valence-corrected chi connectivity index (χ0v) is 19.2. The van der Waals surface area contributed by atoms with Crippen LogP contribution in [0.5, 0.6) is 0 Å². The molecule has 2 N–H and O–H groups in total. The molecule has 150 valence electrons. The monoisotopic (exact) mass is 468 g/mol. The first-order chi connectivity index (χ1) is 11.7. The molecule has 1 saturated carbocycles. The highest BCUT2D eigenvalue weighted by atomic mass is 127. The van der Waals surface area contributed by atoms with Crippen molar-refractivity contribution in [2.75, 3.05) is 53.0 Å². The molecule has 0 radical (unpaired) electrons. The van der Waals surface area contributed by atoms with Gasteiger partial charge in [-0.1, -0.05) is 26.7 Å². The van der Waals surface area contributed by atoms with Crippen LogP contribution >= 0.6 is 24.0 Å². The molecular formula is C19H41IN4O. The number of aliphatic imine (C=N–C) groups is 1. The van der Waals surface area contributed by atoms with E-state index in [0.29, 0.717) is 5.41 Å². The van der Waals surface area contributed by atoms with Gasteiger partial charge in [-0.3, -0.25) is 4.99 Å². The predicted molar refractivity (Wildman–Crippen MR) is 119 cm³/mol. The summed E-state index contributed by atoms with van der Waals surface area (Å²) >= 11 is 0. The van der Waals surface area contributed by atoms with Crippen LogP contribution in [0.2, 0.25) is 0 Å². The van der Waals surface area contributed by atoms with Gasteiger partial charge in [0.2, 0.25) is 0 Å². The summed E-state index contributed by atoms with van der Waals surface area (Å²) in [6.07, 6.45) is 7.64. The van der Waals surface area contributed by atoms with Crippen molar-refractivity contribution < 1.29 is 4.74 Å². The Morgan fingerprint density at radius 1 is 1.12 bits per heavy atom. The summed E-state index contributed by atoms with van der Waals surface area (Å²) in [5.74, 6) is 0.942. The van der Waals surface area contributed by atoms with Crippen LogP contribution in [0.25, 0.3) is 0 Å². The van der Waals surface area contributed by atoms with E-state index in [1.54, 1.807) is 0 Å². The maximum absolute atomic E-state index is 5.60. The highest BCUT2D eigenvalue weighted by Gasteiger charge is 2.33. The van der Waals surface area contributed by atoms with Gasteiger partial charge in [0.15, 0.2) is 5.96 Å². The number of nitrogens with zero attached hydrogens (tertiary/aromatic N) is 2. The lowest BCUT2D eigenvalue weighted by Gasteiger charge is -2.30. The topological polar surface area (TPSA) is 48.9 Å². The highest BCUT2D eigenvalue weighted by molar-refractivity contribution is 14.0. The third kappa shape index (κ3) is 9.99. The van der Waals surface area contributed by atoms with Gasteiger partial charge in [0.05, 0.1) is 0 Å². The van der Waals surface area contributed by atoms with Crippen molar-refractivity contribution >= 4 is 29.9 Å². The first-order valence-corrected chi connectivity index (χ1v) is 9.94. The van der Waals surface area contributed by atoms with Gasteiger partial charge in [0.1, 0.15) is 0 Å². The number of nitrogens with one attached hydrogen (secondary N) is 2. The molecule has 0 aliphatic heterocycles. The van der Waals surface area contributed by atoms with E-state index in [1.807, 2.05) is 7.05 Å². The zero-order chi connectivity index (χ0) is 17.7. The van der Waals surface area contributed by atoms with Crippen molar-refractivity contribution in [2.24, 2.45) is 10.4 Å². The number of hydrogen-bond acceptors (Lipinski definition) is 3. The van der Waals surface area contributed by atoms with Gasteiger partial charge < -0.3 is 20.3 Å². The van der Waals surface area contributed by atoms with Crippen LogP contribution in [0, 0.1) is 5.41 Å². The fourth-order valence-electron chi connectivity index (χ4n) is 3.61. The van der Waals surface area contributed by atoms with E-state index in [0.717, 1.165) is 64.7 Å². The Balaban J connectivity index is 0.00000576. The Morgan fingerprint density at radius 2 is 1.80 bits per heavy atom. The molecule has 0 aromatic carbocycles. The largest absolute Gasteiger partial charge is 0.382 e. The van der Waals surface area contributed by atoms with Gasteiger partial charge in [0, 0.05) is 33.4 Å². The third-order valence-corrected chi connectivity index (χ3v) is 5.34. The van der Waals surface area contributed by atoms with Crippen molar-refractivity contribution in [3.8, 4) is 0 Å². The maximum atomic E-state index is 5.60. The fraction of sp³-hybridized carbons (Fsp3) is 0.947. The number of guanidine groups is 1. The molecule has 1 rings (SSSR count). The van der Waals surface area contributed by atoms with Crippen LogP contribution < -0.4 is 10.6 Å². The maximum Gasteiger partial charge on any atom is 0.190 e. The summed E-state index contributed by atoms with van der Waals surface area (Å²) in [5.41, 5.74) is 0.397. The second-order valence-electron chi connectivity index (χ2n) is 6.89. The summed E-state index contributed by atoms with van der Waals surface area (Å²) in [6, 6.07) is 0. The third-order valence-electron chi connectivity index (χ3n) is 5.34. The normalized spacial score (nSPS) is 16.8. The lowest BCUT2D eigenvalue weighted by Crippen LogP contribution is -2.44. The van der Waals surface area contributed by atoms with Crippen molar-refractivity contribution in [1.29, 1.82) is 0 Å². The van der Waals surface area contributed by atoms with Crippen LogP contribution in [0.4, 0.5) is 0 Å². The average Bonchev–Trinajstić information content (AvgIpc) is 3.07. The molecule has 1 fully saturated rings. The molecule has 0 saturated heterocycles. The molecule has 1 aliphatic carbocycles. The van der Waals surface area contributed by atoms with Crippen LogP contribution in [0.15, 0.2) is 4.99 Å². The molecule has 0 atom stereocenters. The quantitative estimate of drug-likeness (QED) is 0.199. The Kier molecular flexibility index (Phi) is 15.0. The molecule has 5 nitrogen and oxygen atoms in total. The van der Waals surface area contributed by atoms with Crippen molar-refractivity contribution in [2.45, 2.75) is 59.3 Å². The van der Waals surface area contributed by atoms with Gasteiger partial charge in [0.25, 0.3) is 0 Å². The molecular weight excluding hydrogens is 427 g/mol. The minimum absolute atomic E-state index is 0. The predicted octanol–water partition coefficient (Wildman–Crippen LogP) is 3.49. The summed E-state index contributed by atoms with van der Waals surface area (Å²) in [5, 5.41) is 7.03. The summed E-state index contributed by atoms with van der Waals surface area (Å²) in [7, 11) is 1.86. The molecule has 0 aromatic heterocycles. The Labute approximate surface area is 172 Å². The first-order valence-electron chi connectivity index (χ1n) is 9.94. The van der Waals surface area contributed by atoms with Gasteiger partial charge in [-0.25, -0.2) is 0 Å². The van der Waals surface area contributed by atoms with Gasteiger partial charge in [-0.05, 0) is 57.7 Å². The first kappa shape index (κ1) is 24.9. The van der Waals surface area contributed by atoms with E-state index >= 15 is 0 Å². The molecule has 25 heavy (non-hydrogen) atoms. The molecule has 0 aromatic rings. The molecule has 0 bridgehead atoms. The SMILES string of the molecule is CCOCCC1(CNC(=NC)NCCCN(CC)CC)CCCC1.I. The van der Waals surface area contributed by atoms with Gasteiger partial charge >= 0.3 is 0 Å². The van der Waals surface area contributed by atoms with Crippen LogP contribution in [0.1, 0.15) is 59.3 Å². The molecule has 1 aliphatic rings. The van der Waals surface area contributed by atoms with Crippen molar-refractivity contribution in [1.82, 2.24) is 15.5 Å². The van der Waals surface area contributed by atoms with Gasteiger partial charge in [-0.15, -0.1) is 24.0 Å². The highest BCUT2D eigenvalue weighted by Crippen LogP contribution is 2.40. The lowest BCUT2D eigenvalue weighted by molar-refractivity contribution is 0.105. The van der Waals surface area contributed by atoms with E-state index in [4.69, 9.17) is 4.74 Å². The van der Waals surface area contributed by atoms with E-state index in [-0.39, 0.29) is 24.0 Å². The molecule has 0 spiro atoms. The van der Waals surface area contributed by atoms with Crippen molar-refractivity contribution in [3.05, 3.63) is 0 Å². The minimum Gasteiger partial charge on any atom is -0.382 e. The van der Waals surface area contributed by atoms with Crippen LogP contribution in [-0.4, -0.2) is 63.8 Å². The van der Waals surface area contributed by atoms with Gasteiger partial charge in [-0.2, -0.15) is 0 Å². The smallest absolute Gasteiger partial charge is 0.190 e. The van der Waals surface area contributed by atoms with E-state index < -0.39 is 0 Å². The Bertz CT molecular complexity index is 342. The van der Waals surface area contributed by atoms with Crippen LogP contribution in [-0.2, 0) is 4.74 Å². The van der Waals surface area contributed by atoms with E-state index in [2.05, 4.69) is 41.3 Å². The molecule has 0 heterocycles. The number of rotatable bonds is 12. The summed E-state index contributed by atoms with van der Waals surface area (Å²) in [4.78, 5) is 6.84. The lowest BCUT2D eigenvalue weighted by atomic mass is 9.83. The van der Waals surface area contributed by atoms with E-state index in [9.17, 15) is 0 Å². The van der Waals surface area contributed by atoms with E-state index in [1.165, 1.54) is 25.7 Å². The number of halogens is 1. The summed E-state index contributed by atoms with van der Waals surface area (Å²) in [6.45, 7) is 13.6. The molecule has 0 amide bonds. The zero-order valence-electron chi connectivity index (χ0n) is 16.9. The van der Waals surface area contributed by atoms with Crippen LogP contribution in [0.3, 0.4) is 0 Å². The second-order valence-corrected chi connectivity index (χ2v) is 6.89. The standard InChI is InChI=1S/C19H40N4O.HI/c1-5-23(6-2)15-10-14-21-18(20-4)22-17-19(11-8-9-12-19)13-16-24-7-3;/h5-17H2,1-4H3,(H2,20,21,22);1H. The fourth-order valence-corrected chi connectivity index (χ4v) is 3.61. The average molecular weight is 468 g/mol. The Hall–Kier alpha value is -0.0800. The molecule has 0 unspecified atom stereocenters. The van der Waals surface area contributed by atoms with Crippen molar-refractivity contribution in [3.63, 3.8) is 0 Å². The number of ether oxygens (including phenoxy) is 1. The minimum atomic E-state index is 0.